The minimum Gasteiger partial charge on any atom is -0.494 e. The van der Waals surface area contributed by atoms with Gasteiger partial charge in [-0.05, 0) is 61.6 Å². The number of aromatic nitrogens is 1. The molecule has 0 radical (unpaired) electrons. The number of hydrogen-bond acceptors (Lipinski definition) is 2. The lowest BCUT2D eigenvalue weighted by Gasteiger charge is -2.09. The SMILES string of the molecule is CCCCCCCCOc1ccc(-c2ccc(CCC(F)CCCCCCC)cn2)cc1. The van der Waals surface area contributed by atoms with Crippen LogP contribution in [0.15, 0.2) is 42.6 Å². The van der Waals surface area contributed by atoms with Crippen LogP contribution < -0.4 is 4.74 Å². The first-order valence-corrected chi connectivity index (χ1v) is 13.0. The number of aryl methyl sites for hydroxylation is 1. The Morgan fingerprint density at radius 3 is 2.06 bits per heavy atom. The molecule has 32 heavy (non-hydrogen) atoms. The number of unbranched alkanes of at least 4 members (excludes halogenated alkanes) is 9. The van der Waals surface area contributed by atoms with E-state index in [4.69, 9.17) is 4.74 Å². The Labute approximate surface area is 196 Å². The van der Waals surface area contributed by atoms with Crippen LogP contribution >= 0.6 is 0 Å². The number of pyridine rings is 1. The lowest BCUT2D eigenvalue weighted by molar-refractivity contribution is 0.287. The van der Waals surface area contributed by atoms with Gasteiger partial charge in [-0.2, -0.15) is 0 Å². The molecule has 2 rings (SSSR count). The minimum absolute atomic E-state index is 0.597. The van der Waals surface area contributed by atoms with Crippen molar-refractivity contribution >= 4 is 0 Å². The summed E-state index contributed by atoms with van der Waals surface area (Å²) in [5, 5.41) is 0. The molecule has 0 saturated carbocycles. The van der Waals surface area contributed by atoms with Gasteiger partial charge in [0.2, 0.25) is 0 Å². The van der Waals surface area contributed by atoms with E-state index in [9.17, 15) is 4.39 Å². The number of ether oxygens (including phenoxy) is 1. The van der Waals surface area contributed by atoms with Gasteiger partial charge in [0.1, 0.15) is 11.9 Å². The highest BCUT2D eigenvalue weighted by Crippen LogP contribution is 2.22. The van der Waals surface area contributed by atoms with Crippen molar-refractivity contribution in [3.63, 3.8) is 0 Å². The van der Waals surface area contributed by atoms with E-state index in [-0.39, 0.29) is 0 Å². The minimum atomic E-state index is -0.694. The van der Waals surface area contributed by atoms with E-state index in [1.807, 2.05) is 24.4 Å². The van der Waals surface area contributed by atoms with Gasteiger partial charge in [0.05, 0.1) is 12.3 Å². The van der Waals surface area contributed by atoms with Gasteiger partial charge in [0.15, 0.2) is 0 Å². The van der Waals surface area contributed by atoms with Gasteiger partial charge in [-0.25, -0.2) is 4.39 Å². The summed E-state index contributed by atoms with van der Waals surface area (Å²) in [7, 11) is 0. The zero-order chi connectivity index (χ0) is 22.9. The maximum atomic E-state index is 14.1. The summed E-state index contributed by atoms with van der Waals surface area (Å²) < 4.78 is 20.0. The molecule has 178 valence electrons. The molecule has 0 aliphatic carbocycles. The maximum Gasteiger partial charge on any atom is 0.119 e. The molecule has 2 aromatic rings. The van der Waals surface area contributed by atoms with E-state index >= 15 is 0 Å². The van der Waals surface area contributed by atoms with E-state index in [0.29, 0.717) is 12.8 Å². The second-order valence-electron chi connectivity index (χ2n) is 9.03. The van der Waals surface area contributed by atoms with E-state index < -0.39 is 6.17 Å². The van der Waals surface area contributed by atoms with Crippen molar-refractivity contribution in [2.45, 2.75) is 110 Å². The van der Waals surface area contributed by atoms with Crippen LogP contribution in [0.2, 0.25) is 0 Å². The lowest BCUT2D eigenvalue weighted by Crippen LogP contribution is -2.02. The summed E-state index contributed by atoms with van der Waals surface area (Å²) in [5.74, 6) is 0.919. The Kier molecular flexibility index (Phi) is 13.7. The fourth-order valence-electron chi connectivity index (χ4n) is 3.97. The second kappa shape index (κ2) is 16.7. The predicted octanol–water partition coefficient (Wildman–Crippen LogP) is 9.12. The lowest BCUT2D eigenvalue weighted by atomic mass is 10.0. The normalized spacial score (nSPS) is 12.1. The van der Waals surface area contributed by atoms with Crippen LogP contribution in [0.5, 0.6) is 5.75 Å². The third-order valence-corrected chi connectivity index (χ3v) is 6.11. The summed E-state index contributed by atoms with van der Waals surface area (Å²) in [6.45, 7) is 5.24. The van der Waals surface area contributed by atoms with Crippen molar-refractivity contribution in [1.82, 2.24) is 4.98 Å². The zero-order valence-electron chi connectivity index (χ0n) is 20.5. The molecule has 1 atom stereocenters. The van der Waals surface area contributed by atoms with Gasteiger partial charge in [0, 0.05) is 11.8 Å². The fraction of sp³-hybridized carbons (Fsp3) is 0.621. The highest BCUT2D eigenvalue weighted by molar-refractivity contribution is 5.60. The largest absolute Gasteiger partial charge is 0.494 e. The van der Waals surface area contributed by atoms with Crippen LogP contribution in [0, 0.1) is 0 Å². The standard InChI is InChI=1S/C29H44FNO/c1-3-5-7-9-11-13-23-32-28-20-17-26(18-21-28)29-22-16-25(24-31-29)15-19-27(30)14-12-10-8-6-4-2/h16-18,20-22,24,27H,3-15,19,23H2,1-2H3. The van der Waals surface area contributed by atoms with E-state index in [0.717, 1.165) is 54.9 Å². The second-order valence-corrected chi connectivity index (χ2v) is 9.03. The first-order chi connectivity index (χ1) is 15.7. The highest BCUT2D eigenvalue weighted by atomic mass is 19.1. The van der Waals surface area contributed by atoms with Crippen molar-refractivity contribution in [2.75, 3.05) is 6.61 Å². The zero-order valence-corrected chi connectivity index (χ0v) is 20.5. The third-order valence-electron chi connectivity index (χ3n) is 6.11. The average molecular weight is 442 g/mol. The average Bonchev–Trinajstić information content (AvgIpc) is 2.83. The van der Waals surface area contributed by atoms with Gasteiger partial charge in [0.25, 0.3) is 0 Å². The monoisotopic (exact) mass is 441 g/mol. The first-order valence-electron chi connectivity index (χ1n) is 13.0. The quantitative estimate of drug-likeness (QED) is 0.215. The summed E-state index contributed by atoms with van der Waals surface area (Å²) >= 11 is 0. The molecule has 0 spiro atoms. The van der Waals surface area contributed by atoms with Crippen molar-refractivity contribution in [1.29, 1.82) is 0 Å². The Hall–Kier alpha value is -1.90. The molecule has 1 heterocycles. The molecule has 0 aliphatic rings. The molecule has 1 aromatic carbocycles. The fourth-order valence-corrected chi connectivity index (χ4v) is 3.97. The Bertz CT molecular complexity index is 698. The van der Waals surface area contributed by atoms with Gasteiger partial charge >= 0.3 is 0 Å². The van der Waals surface area contributed by atoms with Crippen LogP contribution in [0.3, 0.4) is 0 Å². The summed E-state index contributed by atoms with van der Waals surface area (Å²) in [6.07, 6.45) is 16.8. The molecule has 1 aromatic heterocycles. The van der Waals surface area contributed by atoms with Crippen molar-refractivity contribution in [3.8, 4) is 17.0 Å². The maximum absolute atomic E-state index is 14.1. The first kappa shape index (κ1) is 26.4. The number of rotatable bonds is 18. The van der Waals surface area contributed by atoms with Gasteiger partial charge < -0.3 is 4.74 Å². The third kappa shape index (κ3) is 11.1. The number of alkyl halides is 1. The molecule has 0 aliphatic heterocycles. The van der Waals surface area contributed by atoms with E-state index in [2.05, 4.69) is 37.0 Å². The molecule has 1 unspecified atom stereocenters. The van der Waals surface area contributed by atoms with Crippen molar-refractivity contribution in [2.24, 2.45) is 0 Å². The topological polar surface area (TPSA) is 22.1 Å². The number of nitrogens with zero attached hydrogens (tertiary/aromatic N) is 1. The van der Waals surface area contributed by atoms with Crippen molar-refractivity contribution in [3.05, 3.63) is 48.2 Å². The summed E-state index contributed by atoms with van der Waals surface area (Å²) in [5.41, 5.74) is 3.14. The van der Waals surface area contributed by atoms with Crippen LogP contribution in [-0.4, -0.2) is 17.8 Å². The molecule has 0 saturated heterocycles. The Morgan fingerprint density at radius 1 is 0.750 bits per heavy atom. The highest BCUT2D eigenvalue weighted by Gasteiger charge is 2.08. The van der Waals surface area contributed by atoms with Crippen LogP contribution in [0.4, 0.5) is 4.39 Å². The molecule has 2 nitrogen and oxygen atoms in total. The summed E-state index contributed by atoms with van der Waals surface area (Å²) in [6, 6.07) is 12.3. The van der Waals surface area contributed by atoms with Gasteiger partial charge in [-0.3, -0.25) is 4.98 Å². The summed E-state index contributed by atoms with van der Waals surface area (Å²) in [4.78, 5) is 4.60. The molecule has 0 N–H and O–H groups in total. The molecular formula is C29H44FNO. The van der Waals surface area contributed by atoms with Crippen LogP contribution in [0.1, 0.15) is 103 Å². The smallest absolute Gasteiger partial charge is 0.119 e. The molecule has 0 fully saturated rings. The van der Waals surface area contributed by atoms with Crippen molar-refractivity contribution < 1.29 is 9.13 Å². The Morgan fingerprint density at radius 2 is 1.41 bits per heavy atom. The van der Waals surface area contributed by atoms with Gasteiger partial charge in [-0.15, -0.1) is 0 Å². The Balaban J connectivity index is 1.67. The molecular weight excluding hydrogens is 397 g/mol. The number of benzene rings is 1. The van der Waals surface area contributed by atoms with Crippen LogP contribution in [0.25, 0.3) is 11.3 Å². The van der Waals surface area contributed by atoms with E-state index in [1.165, 1.54) is 51.4 Å². The number of hydrogen-bond donors (Lipinski definition) is 0. The molecule has 0 amide bonds. The van der Waals surface area contributed by atoms with E-state index in [1.54, 1.807) is 0 Å². The predicted molar refractivity (Wildman–Crippen MR) is 135 cm³/mol. The molecule has 3 heteroatoms. The molecule has 0 bridgehead atoms. The number of halogens is 1. The van der Waals surface area contributed by atoms with Crippen LogP contribution in [-0.2, 0) is 6.42 Å². The van der Waals surface area contributed by atoms with Gasteiger partial charge in [-0.1, -0.05) is 84.1 Å².